The highest BCUT2D eigenvalue weighted by Crippen LogP contribution is 2.47. The first kappa shape index (κ1) is 35.3. The van der Waals surface area contributed by atoms with Gasteiger partial charge in [-0.2, -0.15) is 0 Å². The van der Waals surface area contributed by atoms with Crippen molar-refractivity contribution in [3.8, 4) is 33.4 Å². The van der Waals surface area contributed by atoms with Crippen molar-refractivity contribution in [3.63, 3.8) is 0 Å². The van der Waals surface area contributed by atoms with Gasteiger partial charge in [-0.25, -0.2) is 0 Å². The quantitative estimate of drug-likeness (QED) is 0.133. The van der Waals surface area contributed by atoms with Gasteiger partial charge in [0.05, 0.1) is 27.8 Å². The third-order valence-corrected chi connectivity index (χ3v) is 12.0. The average Bonchev–Trinajstić information content (AvgIpc) is 3.95. The van der Waals surface area contributed by atoms with E-state index in [0.717, 1.165) is 39.2 Å². The molecule has 0 N–H and O–H groups in total. The number of para-hydroxylation sites is 1. The van der Waals surface area contributed by atoms with Gasteiger partial charge in [0.25, 0.3) is 0 Å². The zero-order chi connectivity index (χ0) is 40.2. The first-order valence-corrected chi connectivity index (χ1v) is 20.6. The summed E-state index contributed by atoms with van der Waals surface area (Å²) in [5.41, 5.74) is 18.6. The van der Waals surface area contributed by atoms with E-state index in [1.54, 1.807) is 0 Å². The SMILES string of the molecule is C=C/C(=C\C=C/C)c1ccc2c(c1)c1c3cc(-c4ccccc4)ccc3n3c4c(N(c5ccc(-c6ccccc6)cc5)c5ccc(-c6ccccc6)cc5)cccc4n2c13. The Kier molecular flexibility index (Phi) is 8.53. The van der Waals surface area contributed by atoms with E-state index < -0.39 is 0 Å². The van der Waals surface area contributed by atoms with Crippen LogP contribution in [0.2, 0.25) is 0 Å². The fourth-order valence-electron chi connectivity index (χ4n) is 9.15. The second-order valence-electron chi connectivity index (χ2n) is 15.4. The maximum absolute atomic E-state index is 4.18. The van der Waals surface area contributed by atoms with Crippen LogP contribution in [0.1, 0.15) is 12.5 Å². The molecule has 284 valence electrons. The second-order valence-corrected chi connectivity index (χ2v) is 15.4. The number of hydrogen-bond donors (Lipinski definition) is 0. The average molecular weight is 768 g/mol. The molecule has 0 aliphatic rings. The Morgan fingerprint density at radius 2 is 1.00 bits per heavy atom. The van der Waals surface area contributed by atoms with Crippen molar-refractivity contribution < 1.29 is 0 Å². The molecule has 0 aliphatic carbocycles. The van der Waals surface area contributed by atoms with E-state index in [1.165, 1.54) is 66.2 Å². The van der Waals surface area contributed by atoms with Gasteiger partial charge < -0.3 is 4.90 Å². The van der Waals surface area contributed by atoms with Crippen molar-refractivity contribution in [2.75, 3.05) is 4.90 Å². The van der Waals surface area contributed by atoms with Crippen LogP contribution in [0.3, 0.4) is 0 Å². The van der Waals surface area contributed by atoms with Gasteiger partial charge in [0, 0.05) is 27.5 Å². The van der Waals surface area contributed by atoms with Gasteiger partial charge in [0.1, 0.15) is 5.65 Å². The minimum atomic E-state index is 1.09. The number of nitrogens with zero attached hydrogens (tertiary/aromatic N) is 3. The summed E-state index contributed by atoms with van der Waals surface area (Å²) in [5, 5.41) is 3.71. The van der Waals surface area contributed by atoms with Gasteiger partial charge in [0.2, 0.25) is 0 Å². The zero-order valence-corrected chi connectivity index (χ0v) is 33.3. The van der Waals surface area contributed by atoms with Crippen molar-refractivity contribution in [1.82, 2.24) is 8.80 Å². The molecule has 11 aromatic rings. The molecule has 0 spiro atoms. The minimum Gasteiger partial charge on any atom is -0.308 e. The van der Waals surface area contributed by atoms with Crippen LogP contribution < -0.4 is 4.90 Å². The van der Waals surface area contributed by atoms with Crippen molar-refractivity contribution in [3.05, 3.63) is 231 Å². The number of hydrogen-bond acceptors (Lipinski definition) is 1. The van der Waals surface area contributed by atoms with Gasteiger partial charge >= 0.3 is 0 Å². The number of benzene rings is 8. The van der Waals surface area contributed by atoms with Crippen LogP contribution in [-0.2, 0) is 0 Å². The molecule has 0 saturated heterocycles. The molecule has 3 aromatic heterocycles. The van der Waals surface area contributed by atoms with Gasteiger partial charge in [-0.05, 0) is 112 Å². The van der Waals surface area contributed by atoms with Crippen LogP contribution in [-0.4, -0.2) is 8.80 Å². The maximum Gasteiger partial charge on any atom is 0.131 e. The van der Waals surface area contributed by atoms with E-state index >= 15 is 0 Å². The zero-order valence-electron chi connectivity index (χ0n) is 33.3. The third-order valence-electron chi connectivity index (χ3n) is 12.0. The summed E-state index contributed by atoms with van der Waals surface area (Å²) < 4.78 is 4.99. The normalized spacial score (nSPS) is 12.2. The Hall–Kier alpha value is -7.88. The Bertz CT molecular complexity index is 3320. The number of aromatic nitrogens is 2. The van der Waals surface area contributed by atoms with Crippen LogP contribution in [0, 0.1) is 0 Å². The fraction of sp³-hybridized carbons (Fsp3) is 0.0175. The van der Waals surface area contributed by atoms with Gasteiger partial charge in [0.15, 0.2) is 0 Å². The molecule has 0 radical (unpaired) electrons. The Labute approximate surface area is 349 Å². The molecule has 8 aromatic carbocycles. The number of allylic oxidation sites excluding steroid dienone is 5. The van der Waals surface area contributed by atoms with Crippen molar-refractivity contribution in [2.24, 2.45) is 0 Å². The van der Waals surface area contributed by atoms with E-state index in [1.807, 2.05) is 13.0 Å². The van der Waals surface area contributed by atoms with Gasteiger partial charge in [-0.15, -0.1) is 0 Å². The Balaban J connectivity index is 1.20. The van der Waals surface area contributed by atoms with Crippen molar-refractivity contribution in [2.45, 2.75) is 6.92 Å². The fourth-order valence-corrected chi connectivity index (χ4v) is 9.15. The highest BCUT2D eigenvalue weighted by molar-refractivity contribution is 6.25. The summed E-state index contributed by atoms with van der Waals surface area (Å²) >= 11 is 0. The molecule has 3 nitrogen and oxygen atoms in total. The predicted octanol–water partition coefficient (Wildman–Crippen LogP) is 15.7. The van der Waals surface area contributed by atoms with E-state index in [9.17, 15) is 0 Å². The van der Waals surface area contributed by atoms with Crippen LogP contribution in [0.25, 0.3) is 82.8 Å². The molecule has 0 saturated carbocycles. The third kappa shape index (κ3) is 5.66. The summed E-state index contributed by atoms with van der Waals surface area (Å²) in [6, 6.07) is 70.5. The molecule has 0 amide bonds. The van der Waals surface area contributed by atoms with Crippen molar-refractivity contribution in [1.29, 1.82) is 0 Å². The summed E-state index contributed by atoms with van der Waals surface area (Å²) in [5.74, 6) is 0. The molecule has 0 unspecified atom stereocenters. The standard InChI is InChI=1S/C57H41N3/c1-3-5-16-39(4-2)45-29-35-51-49(37-45)55-50-38-46(42-21-13-8-14-22-42)30-36-52(50)60-56-53(23-15-24-54(56)59(51)57(55)60)58(47-31-25-43(26-32-47)40-17-9-6-10-18-40)48-33-27-44(28-34-48)41-19-11-7-12-20-41/h3-38H,2H2,1H3/b5-3-,39-16+. The Morgan fingerprint density at radius 3 is 1.58 bits per heavy atom. The highest BCUT2D eigenvalue weighted by Gasteiger charge is 2.27. The second kappa shape index (κ2) is 14.5. The van der Waals surface area contributed by atoms with Crippen molar-refractivity contribution >= 4 is 66.5 Å². The van der Waals surface area contributed by atoms with Crippen LogP contribution in [0.5, 0.6) is 0 Å². The van der Waals surface area contributed by atoms with Gasteiger partial charge in [-0.3, -0.25) is 8.80 Å². The molecule has 3 heterocycles. The smallest absolute Gasteiger partial charge is 0.131 e. The molecular formula is C57H41N3. The number of rotatable bonds is 9. The highest BCUT2D eigenvalue weighted by atomic mass is 15.2. The predicted molar refractivity (Wildman–Crippen MR) is 256 cm³/mol. The first-order valence-electron chi connectivity index (χ1n) is 20.6. The van der Waals surface area contributed by atoms with Crippen LogP contribution >= 0.6 is 0 Å². The van der Waals surface area contributed by atoms with E-state index in [-0.39, 0.29) is 0 Å². The first-order chi connectivity index (χ1) is 29.7. The van der Waals surface area contributed by atoms with E-state index in [4.69, 9.17) is 0 Å². The summed E-state index contributed by atoms with van der Waals surface area (Å²) in [6.45, 7) is 6.22. The van der Waals surface area contributed by atoms with E-state index in [2.05, 4.69) is 233 Å². The summed E-state index contributed by atoms with van der Waals surface area (Å²) in [4.78, 5) is 2.42. The summed E-state index contributed by atoms with van der Waals surface area (Å²) in [7, 11) is 0. The lowest BCUT2D eigenvalue weighted by atomic mass is 10.0. The topological polar surface area (TPSA) is 12.1 Å². The monoisotopic (exact) mass is 767 g/mol. The molecule has 3 heteroatoms. The lowest BCUT2D eigenvalue weighted by molar-refractivity contribution is 1.26. The molecule has 0 aliphatic heterocycles. The molecule has 60 heavy (non-hydrogen) atoms. The number of anilines is 3. The van der Waals surface area contributed by atoms with Gasteiger partial charge in [-0.1, -0.05) is 164 Å². The molecule has 0 fully saturated rings. The summed E-state index contributed by atoms with van der Waals surface area (Å²) in [6.07, 6.45) is 8.23. The number of imidazole rings is 1. The Morgan fingerprint density at radius 1 is 0.483 bits per heavy atom. The maximum atomic E-state index is 4.18. The lowest BCUT2D eigenvalue weighted by Gasteiger charge is -2.27. The minimum absolute atomic E-state index is 1.09. The molecule has 0 bridgehead atoms. The van der Waals surface area contributed by atoms with Crippen LogP contribution in [0.4, 0.5) is 17.1 Å². The number of fused-ring (bicyclic) bond motifs is 9. The molecule has 11 rings (SSSR count). The van der Waals surface area contributed by atoms with E-state index in [0.29, 0.717) is 0 Å². The lowest BCUT2D eigenvalue weighted by Crippen LogP contribution is -2.11. The largest absolute Gasteiger partial charge is 0.308 e. The molecule has 0 atom stereocenters. The van der Waals surface area contributed by atoms with Crippen LogP contribution in [0.15, 0.2) is 225 Å². The molecular weight excluding hydrogens is 727 g/mol.